The Balaban J connectivity index is 1.39. The van der Waals surface area contributed by atoms with Crippen LogP contribution >= 0.6 is 0 Å². The molecule has 1 aliphatic carbocycles. The van der Waals surface area contributed by atoms with Crippen LogP contribution in [-0.4, -0.2) is 7.11 Å². The summed E-state index contributed by atoms with van der Waals surface area (Å²) in [6.45, 7) is 2.17. The Morgan fingerprint density at radius 1 is 0.784 bits per heavy atom. The van der Waals surface area contributed by atoms with Crippen molar-refractivity contribution in [3.63, 3.8) is 0 Å². The van der Waals surface area contributed by atoms with Gasteiger partial charge in [0.15, 0.2) is 23.2 Å². The molecule has 3 aromatic carbocycles. The minimum atomic E-state index is -1.00. The van der Waals surface area contributed by atoms with Crippen molar-refractivity contribution in [2.24, 2.45) is 5.92 Å². The van der Waals surface area contributed by atoms with E-state index in [1.807, 2.05) is 30.3 Å². The van der Waals surface area contributed by atoms with E-state index in [0.717, 1.165) is 32.1 Å². The van der Waals surface area contributed by atoms with Gasteiger partial charge in [-0.1, -0.05) is 68.3 Å². The van der Waals surface area contributed by atoms with Crippen LogP contribution in [0.15, 0.2) is 54.6 Å². The molecular weight excluding hydrogens is 476 g/mol. The zero-order valence-electron chi connectivity index (χ0n) is 21.5. The molecule has 3 aromatic rings. The molecular formula is C32H34F4O. The van der Waals surface area contributed by atoms with Crippen molar-refractivity contribution in [2.45, 2.75) is 64.2 Å². The summed E-state index contributed by atoms with van der Waals surface area (Å²) in [4.78, 5) is 0. The van der Waals surface area contributed by atoms with Crippen LogP contribution in [-0.2, 0) is 6.42 Å². The molecule has 0 saturated heterocycles. The Morgan fingerprint density at radius 3 is 2.19 bits per heavy atom. The molecule has 0 heterocycles. The van der Waals surface area contributed by atoms with Crippen molar-refractivity contribution in [3.8, 4) is 16.9 Å². The van der Waals surface area contributed by atoms with Gasteiger partial charge in [0.1, 0.15) is 0 Å². The Kier molecular flexibility index (Phi) is 9.07. The molecule has 0 radical (unpaired) electrons. The van der Waals surface area contributed by atoms with E-state index >= 15 is 8.78 Å². The first kappa shape index (κ1) is 27.0. The Bertz CT molecular complexity index is 1220. The molecule has 1 aliphatic rings. The van der Waals surface area contributed by atoms with E-state index in [4.69, 9.17) is 4.74 Å². The van der Waals surface area contributed by atoms with Gasteiger partial charge in [0.05, 0.1) is 7.11 Å². The van der Waals surface area contributed by atoms with Crippen LogP contribution in [0.2, 0.25) is 0 Å². The van der Waals surface area contributed by atoms with Crippen LogP contribution in [0.4, 0.5) is 17.6 Å². The fourth-order valence-corrected chi connectivity index (χ4v) is 5.23. The van der Waals surface area contributed by atoms with Gasteiger partial charge in [0.25, 0.3) is 0 Å². The number of hydrogen-bond acceptors (Lipinski definition) is 1. The molecule has 1 saturated carbocycles. The number of rotatable bonds is 9. The van der Waals surface area contributed by atoms with Gasteiger partial charge in [0.2, 0.25) is 5.82 Å². The molecule has 1 fully saturated rings. The number of ether oxygens (including phenoxy) is 1. The zero-order chi connectivity index (χ0) is 26.4. The number of aryl methyl sites for hydroxylation is 1. The third kappa shape index (κ3) is 6.26. The van der Waals surface area contributed by atoms with Gasteiger partial charge in [-0.2, -0.15) is 4.39 Å². The molecule has 5 heteroatoms. The smallest absolute Gasteiger partial charge is 0.201 e. The molecule has 0 amide bonds. The van der Waals surface area contributed by atoms with Crippen molar-refractivity contribution in [1.29, 1.82) is 0 Å². The van der Waals surface area contributed by atoms with Gasteiger partial charge in [-0.25, -0.2) is 13.2 Å². The first-order chi connectivity index (χ1) is 17.9. The molecule has 196 valence electrons. The predicted octanol–water partition coefficient (Wildman–Crippen LogP) is 9.64. The minimum absolute atomic E-state index is 0.0655. The number of unbranched alkanes of at least 4 members (excludes halogenated alkanes) is 2. The second-order valence-corrected chi connectivity index (χ2v) is 9.94. The highest BCUT2D eigenvalue weighted by atomic mass is 19.2. The number of benzene rings is 3. The SMILES string of the molecule is CCCCCc1ccc(-c2ccc(C3CCC(/C=C/c4ccc(OC)c(F)c4F)CC3)c(F)c2F)cc1. The molecule has 0 unspecified atom stereocenters. The van der Waals surface area contributed by atoms with Gasteiger partial charge >= 0.3 is 0 Å². The third-order valence-corrected chi connectivity index (χ3v) is 7.50. The Labute approximate surface area is 217 Å². The maximum absolute atomic E-state index is 15.2. The average molecular weight is 511 g/mol. The first-order valence-electron chi connectivity index (χ1n) is 13.2. The summed E-state index contributed by atoms with van der Waals surface area (Å²) < 4.78 is 63.2. The van der Waals surface area contributed by atoms with E-state index in [-0.39, 0.29) is 28.7 Å². The maximum Gasteiger partial charge on any atom is 0.201 e. The highest BCUT2D eigenvalue weighted by molar-refractivity contribution is 5.65. The van der Waals surface area contributed by atoms with Crippen LogP contribution in [0.5, 0.6) is 5.75 Å². The average Bonchev–Trinajstić information content (AvgIpc) is 2.92. The Morgan fingerprint density at radius 2 is 1.51 bits per heavy atom. The predicted molar refractivity (Wildman–Crippen MR) is 142 cm³/mol. The minimum Gasteiger partial charge on any atom is -0.494 e. The summed E-state index contributed by atoms with van der Waals surface area (Å²) in [7, 11) is 1.29. The van der Waals surface area contributed by atoms with Gasteiger partial charge < -0.3 is 4.74 Å². The normalized spacial score (nSPS) is 17.9. The monoisotopic (exact) mass is 510 g/mol. The lowest BCUT2D eigenvalue weighted by atomic mass is 9.78. The maximum atomic E-state index is 15.2. The number of allylic oxidation sites excluding steroid dienone is 1. The number of methoxy groups -OCH3 is 1. The fourth-order valence-electron chi connectivity index (χ4n) is 5.23. The van der Waals surface area contributed by atoms with Crippen molar-refractivity contribution in [2.75, 3.05) is 7.11 Å². The summed E-state index contributed by atoms with van der Waals surface area (Å²) in [6.07, 6.45) is 10.9. The number of hydrogen-bond donors (Lipinski definition) is 0. The van der Waals surface area contributed by atoms with E-state index in [1.165, 1.54) is 31.2 Å². The van der Waals surface area contributed by atoms with Gasteiger partial charge in [-0.15, -0.1) is 0 Å². The van der Waals surface area contributed by atoms with E-state index < -0.39 is 23.3 Å². The lowest BCUT2D eigenvalue weighted by Gasteiger charge is -2.27. The van der Waals surface area contributed by atoms with Crippen LogP contribution in [0.1, 0.15) is 74.5 Å². The molecule has 0 aliphatic heterocycles. The van der Waals surface area contributed by atoms with Crippen molar-refractivity contribution >= 4 is 6.08 Å². The molecule has 37 heavy (non-hydrogen) atoms. The van der Waals surface area contributed by atoms with Crippen molar-refractivity contribution in [3.05, 3.63) is 94.6 Å². The zero-order valence-corrected chi connectivity index (χ0v) is 21.5. The van der Waals surface area contributed by atoms with Gasteiger partial charge in [-0.3, -0.25) is 0 Å². The highest BCUT2D eigenvalue weighted by Gasteiger charge is 2.26. The molecule has 4 rings (SSSR count). The van der Waals surface area contributed by atoms with Gasteiger partial charge in [0, 0.05) is 11.1 Å². The van der Waals surface area contributed by atoms with Gasteiger partial charge in [-0.05, 0) is 79.2 Å². The standard InChI is InChI=1S/C32H34F4O/c1-3-4-5-6-21-7-12-23(13-8-21)26-18-19-27(31(35)30(26)34)24-14-9-22(10-15-24)11-16-25-17-20-28(37-2)32(36)29(25)33/h7-8,11-13,16-20,22,24H,3-6,9-10,14-15H2,1-2H3/b16-11+. The topological polar surface area (TPSA) is 9.23 Å². The summed E-state index contributed by atoms with van der Waals surface area (Å²) >= 11 is 0. The summed E-state index contributed by atoms with van der Waals surface area (Å²) in [5.74, 6) is -3.53. The summed E-state index contributed by atoms with van der Waals surface area (Å²) in [5, 5.41) is 0. The van der Waals surface area contributed by atoms with E-state index in [0.29, 0.717) is 24.0 Å². The molecule has 0 N–H and O–H groups in total. The molecule has 0 spiro atoms. The largest absolute Gasteiger partial charge is 0.494 e. The number of halogens is 4. The van der Waals surface area contributed by atoms with Crippen LogP contribution < -0.4 is 4.74 Å². The lowest BCUT2D eigenvalue weighted by Crippen LogP contribution is -2.13. The second-order valence-electron chi connectivity index (χ2n) is 9.94. The summed E-state index contributed by atoms with van der Waals surface area (Å²) in [6, 6.07) is 14.0. The quantitative estimate of drug-likeness (QED) is 0.206. The second kappa shape index (κ2) is 12.4. The van der Waals surface area contributed by atoms with Crippen LogP contribution in [0, 0.1) is 29.2 Å². The van der Waals surface area contributed by atoms with Crippen LogP contribution in [0.25, 0.3) is 17.2 Å². The summed E-state index contributed by atoms with van der Waals surface area (Å²) in [5.41, 5.74) is 2.76. The molecule has 0 aromatic heterocycles. The van der Waals surface area contributed by atoms with E-state index in [9.17, 15) is 8.78 Å². The van der Waals surface area contributed by atoms with Crippen molar-refractivity contribution in [1.82, 2.24) is 0 Å². The third-order valence-electron chi connectivity index (χ3n) is 7.50. The lowest BCUT2D eigenvalue weighted by molar-refractivity contribution is 0.364. The van der Waals surface area contributed by atoms with Crippen molar-refractivity contribution < 1.29 is 22.3 Å². The van der Waals surface area contributed by atoms with Crippen LogP contribution in [0.3, 0.4) is 0 Å². The Hall–Kier alpha value is -3.08. The first-order valence-corrected chi connectivity index (χ1v) is 13.2. The molecule has 0 atom stereocenters. The molecule has 1 nitrogen and oxygen atoms in total. The highest BCUT2D eigenvalue weighted by Crippen LogP contribution is 2.39. The van der Waals surface area contributed by atoms with E-state index in [2.05, 4.69) is 6.92 Å². The molecule has 0 bridgehead atoms. The fraction of sp³-hybridized carbons (Fsp3) is 0.375. The van der Waals surface area contributed by atoms with E-state index in [1.54, 1.807) is 18.2 Å².